The number of hydrogen-bond acceptors (Lipinski definition) is 7. The van der Waals surface area contributed by atoms with E-state index in [1.54, 1.807) is 4.57 Å². The number of amides is 1. The minimum Gasteiger partial charge on any atom is -0.368 e. The van der Waals surface area contributed by atoms with Gasteiger partial charge in [0, 0.05) is 5.39 Å². The molecule has 0 aliphatic heterocycles. The number of anilines is 2. The number of aryl methyl sites for hydroxylation is 1. The number of carbonyl (C=O) groups is 1. The molecular weight excluding hydrogens is 520 g/mol. The molecule has 12 heteroatoms. The van der Waals surface area contributed by atoms with Crippen LogP contribution in [0.25, 0.3) is 16.5 Å². The van der Waals surface area contributed by atoms with Gasteiger partial charge in [-0.3, -0.25) is 9.36 Å². The average molecular weight is 543 g/mol. The van der Waals surface area contributed by atoms with E-state index in [4.69, 9.17) is 22.5 Å². The summed E-state index contributed by atoms with van der Waals surface area (Å²) in [5, 5.41) is 18.8. The smallest absolute Gasteiger partial charge is 0.238 e. The van der Waals surface area contributed by atoms with Gasteiger partial charge in [0.2, 0.25) is 21.9 Å². The molecule has 186 valence electrons. The standard InChI is InChI=1S/C24H23ClN6O3S2/c1-13-10-18(14-6-7-14)16-4-2-3-5-17(16)22(13)31-23(26)29-30-24(31)35-12-21(32)28-20-9-8-15(11-19(20)25)36(27,33)34/h2-5,8-11,14H,6-7,12H2,1H3,(H2,26,29)(H,28,32)(H2,27,33,34). The van der Waals surface area contributed by atoms with Gasteiger partial charge in [-0.15, -0.1) is 10.2 Å². The number of nitrogens with one attached hydrogen (secondary N) is 1. The fraction of sp³-hybridized carbons (Fsp3) is 0.208. The Morgan fingerprint density at radius 2 is 1.89 bits per heavy atom. The molecule has 1 aromatic heterocycles. The van der Waals surface area contributed by atoms with Crippen molar-refractivity contribution in [1.82, 2.24) is 14.8 Å². The monoisotopic (exact) mass is 542 g/mol. The average Bonchev–Trinajstić information content (AvgIpc) is 3.61. The Hall–Kier alpha value is -3.12. The van der Waals surface area contributed by atoms with Crippen LogP contribution in [0.2, 0.25) is 5.02 Å². The van der Waals surface area contributed by atoms with E-state index in [9.17, 15) is 13.2 Å². The second-order valence-corrected chi connectivity index (χ2v) is 11.6. The van der Waals surface area contributed by atoms with Crippen molar-refractivity contribution in [1.29, 1.82) is 0 Å². The van der Waals surface area contributed by atoms with Crippen molar-refractivity contribution in [2.75, 3.05) is 16.8 Å². The van der Waals surface area contributed by atoms with Crippen LogP contribution >= 0.6 is 23.4 Å². The molecule has 5 rings (SSSR count). The van der Waals surface area contributed by atoms with Gasteiger partial charge in [0.25, 0.3) is 0 Å². The van der Waals surface area contributed by atoms with Crippen LogP contribution in [0.3, 0.4) is 0 Å². The first kappa shape index (κ1) is 24.6. The highest BCUT2D eigenvalue weighted by Crippen LogP contribution is 2.45. The van der Waals surface area contributed by atoms with Crippen molar-refractivity contribution in [2.45, 2.75) is 35.7 Å². The fourth-order valence-electron chi connectivity index (χ4n) is 4.24. The van der Waals surface area contributed by atoms with Crippen LogP contribution in [0.1, 0.15) is 29.9 Å². The van der Waals surface area contributed by atoms with Crippen LogP contribution in [0.15, 0.2) is 58.6 Å². The minimum absolute atomic E-state index is 0.00252. The van der Waals surface area contributed by atoms with Crippen molar-refractivity contribution >= 4 is 61.7 Å². The molecule has 1 fully saturated rings. The highest BCUT2D eigenvalue weighted by atomic mass is 35.5. The molecule has 9 nitrogen and oxygen atoms in total. The van der Waals surface area contributed by atoms with Crippen molar-refractivity contribution in [3.63, 3.8) is 0 Å². The second kappa shape index (κ2) is 9.40. The highest BCUT2D eigenvalue weighted by molar-refractivity contribution is 7.99. The summed E-state index contributed by atoms with van der Waals surface area (Å²) >= 11 is 7.31. The summed E-state index contributed by atoms with van der Waals surface area (Å²) in [5.74, 6) is 0.461. The van der Waals surface area contributed by atoms with Gasteiger partial charge in [-0.2, -0.15) is 0 Å². The lowest BCUT2D eigenvalue weighted by Crippen LogP contribution is -2.16. The Morgan fingerprint density at radius 1 is 1.17 bits per heavy atom. The number of hydrogen-bond donors (Lipinski definition) is 3. The van der Waals surface area contributed by atoms with Crippen LogP contribution in [0.4, 0.5) is 11.6 Å². The Balaban J connectivity index is 1.40. The molecule has 0 spiro atoms. The molecule has 5 N–H and O–H groups in total. The molecule has 0 unspecified atom stereocenters. The number of sulfonamides is 1. The lowest BCUT2D eigenvalue weighted by atomic mass is 9.96. The minimum atomic E-state index is -3.90. The molecule has 0 bridgehead atoms. The van der Waals surface area contributed by atoms with Crippen LogP contribution in [0, 0.1) is 6.92 Å². The molecule has 0 saturated heterocycles. The number of halogens is 1. The summed E-state index contributed by atoms with van der Waals surface area (Å²) in [7, 11) is -3.90. The molecule has 3 aromatic carbocycles. The number of carbonyl (C=O) groups excluding carboxylic acids is 1. The summed E-state index contributed by atoms with van der Waals surface area (Å²) < 4.78 is 24.8. The largest absolute Gasteiger partial charge is 0.368 e. The van der Waals surface area contributed by atoms with Gasteiger partial charge in [-0.25, -0.2) is 13.6 Å². The topological polar surface area (TPSA) is 146 Å². The summed E-state index contributed by atoms with van der Waals surface area (Å²) in [5.41, 5.74) is 9.80. The van der Waals surface area contributed by atoms with E-state index in [-0.39, 0.29) is 33.2 Å². The summed E-state index contributed by atoms with van der Waals surface area (Å²) in [4.78, 5) is 12.5. The van der Waals surface area contributed by atoms with Gasteiger partial charge in [0.05, 0.1) is 27.0 Å². The molecule has 1 aliphatic rings. The van der Waals surface area contributed by atoms with E-state index < -0.39 is 10.0 Å². The lowest BCUT2D eigenvalue weighted by Gasteiger charge is -2.17. The SMILES string of the molecule is Cc1cc(C2CC2)c2ccccc2c1-n1c(N)nnc1SCC(=O)Nc1ccc(S(N)(=O)=O)cc1Cl. The number of primary sulfonamides is 1. The van der Waals surface area contributed by atoms with Crippen LogP contribution < -0.4 is 16.2 Å². The number of fused-ring (bicyclic) bond motifs is 1. The third kappa shape index (κ3) is 4.79. The number of nitrogens with zero attached hydrogens (tertiary/aromatic N) is 3. The van der Waals surface area contributed by atoms with E-state index in [0.29, 0.717) is 11.1 Å². The second-order valence-electron chi connectivity index (χ2n) is 8.65. The maximum atomic E-state index is 12.7. The van der Waals surface area contributed by atoms with E-state index in [2.05, 4.69) is 33.7 Å². The first-order valence-electron chi connectivity index (χ1n) is 11.1. The number of nitrogens with two attached hydrogens (primary N) is 2. The summed E-state index contributed by atoms with van der Waals surface area (Å²) in [6.07, 6.45) is 2.39. The van der Waals surface area contributed by atoms with Crippen LogP contribution in [-0.2, 0) is 14.8 Å². The molecule has 1 saturated carbocycles. The first-order valence-corrected chi connectivity index (χ1v) is 14.0. The highest BCUT2D eigenvalue weighted by Gasteiger charge is 2.27. The van der Waals surface area contributed by atoms with Crippen molar-refractivity contribution in [3.8, 4) is 5.69 Å². The van der Waals surface area contributed by atoms with E-state index >= 15 is 0 Å². The third-order valence-corrected chi connectivity index (χ3v) is 8.17. The Kier molecular flexibility index (Phi) is 6.41. The molecule has 0 radical (unpaired) electrons. The normalized spacial score (nSPS) is 13.8. The Labute approximate surface area is 217 Å². The Bertz CT molecular complexity index is 1620. The van der Waals surface area contributed by atoms with E-state index in [0.717, 1.165) is 16.6 Å². The number of aromatic nitrogens is 3. The third-order valence-electron chi connectivity index (χ3n) is 6.01. The predicted octanol–water partition coefficient (Wildman–Crippen LogP) is 4.22. The zero-order valence-corrected chi connectivity index (χ0v) is 21.6. The van der Waals surface area contributed by atoms with E-state index in [1.807, 2.05) is 19.1 Å². The quantitative estimate of drug-likeness (QED) is 0.296. The van der Waals surface area contributed by atoms with Gasteiger partial charge in [-0.05, 0) is 60.4 Å². The van der Waals surface area contributed by atoms with Gasteiger partial charge in [0.15, 0.2) is 5.16 Å². The molecule has 1 heterocycles. The molecule has 36 heavy (non-hydrogen) atoms. The molecule has 1 aliphatic carbocycles. The number of nitrogen functional groups attached to an aromatic ring is 1. The van der Waals surface area contributed by atoms with Gasteiger partial charge < -0.3 is 11.1 Å². The molecule has 1 amide bonds. The lowest BCUT2D eigenvalue weighted by molar-refractivity contribution is -0.113. The Morgan fingerprint density at radius 3 is 2.56 bits per heavy atom. The zero-order chi connectivity index (χ0) is 25.6. The first-order chi connectivity index (χ1) is 17.1. The van der Waals surface area contributed by atoms with Crippen LogP contribution in [0.5, 0.6) is 0 Å². The van der Waals surface area contributed by atoms with Crippen molar-refractivity contribution in [3.05, 3.63) is 64.7 Å². The molecular formula is C24H23ClN6O3S2. The number of rotatable bonds is 7. The van der Waals surface area contributed by atoms with Gasteiger partial charge >= 0.3 is 0 Å². The fourth-order valence-corrected chi connectivity index (χ4v) is 5.81. The number of benzene rings is 3. The maximum absolute atomic E-state index is 12.7. The van der Waals surface area contributed by atoms with Gasteiger partial charge in [-0.1, -0.05) is 53.7 Å². The number of thioether (sulfide) groups is 1. The van der Waals surface area contributed by atoms with Crippen molar-refractivity contribution in [2.24, 2.45) is 5.14 Å². The summed E-state index contributed by atoms with van der Waals surface area (Å²) in [6, 6.07) is 14.3. The summed E-state index contributed by atoms with van der Waals surface area (Å²) in [6.45, 7) is 2.04. The predicted molar refractivity (Wildman–Crippen MR) is 142 cm³/mol. The van der Waals surface area contributed by atoms with E-state index in [1.165, 1.54) is 53.8 Å². The van der Waals surface area contributed by atoms with Gasteiger partial charge in [0.1, 0.15) is 0 Å². The molecule has 0 atom stereocenters. The molecule has 4 aromatic rings. The zero-order valence-electron chi connectivity index (χ0n) is 19.2. The van der Waals surface area contributed by atoms with Crippen molar-refractivity contribution < 1.29 is 13.2 Å². The van der Waals surface area contributed by atoms with Crippen LogP contribution in [-0.4, -0.2) is 34.8 Å². The maximum Gasteiger partial charge on any atom is 0.238 e.